The van der Waals surface area contributed by atoms with Gasteiger partial charge in [0.1, 0.15) is 17.2 Å². The zero-order valence-electron chi connectivity index (χ0n) is 18.3. The first-order valence-electron chi connectivity index (χ1n) is 10.9. The summed E-state index contributed by atoms with van der Waals surface area (Å²) in [6, 6.07) is 3.49. The maximum Gasteiger partial charge on any atom is 0.249 e. The molecule has 12 heteroatoms. The van der Waals surface area contributed by atoms with Crippen molar-refractivity contribution in [3.63, 3.8) is 0 Å². The van der Waals surface area contributed by atoms with Crippen molar-refractivity contribution in [1.29, 1.82) is 0 Å². The first kappa shape index (κ1) is 26.9. The zero-order chi connectivity index (χ0) is 24.9. The molecule has 3 rings (SSSR count). The third-order valence-corrected chi connectivity index (χ3v) is 6.56. The average Bonchev–Trinajstić information content (AvgIpc) is 3.23. The zero-order valence-corrected chi connectivity index (χ0v) is 19.1. The van der Waals surface area contributed by atoms with Crippen LogP contribution in [0, 0.1) is 11.6 Å². The number of likely N-dealkylation sites (tertiary alicyclic amines) is 1. The van der Waals surface area contributed by atoms with Crippen LogP contribution in [0.2, 0.25) is 0 Å². The van der Waals surface area contributed by atoms with E-state index in [0.717, 1.165) is 12.1 Å². The number of benzene rings is 1. The molecule has 1 saturated heterocycles. The topological polar surface area (TPSA) is 106 Å². The van der Waals surface area contributed by atoms with Crippen molar-refractivity contribution < 1.29 is 42.7 Å². The second-order valence-corrected chi connectivity index (χ2v) is 9.27. The van der Waals surface area contributed by atoms with Gasteiger partial charge in [0.05, 0.1) is 24.5 Å². The molecule has 1 aliphatic heterocycles. The third-order valence-electron chi connectivity index (χ3n) is 5.62. The molecule has 0 bridgehead atoms. The van der Waals surface area contributed by atoms with E-state index in [1.807, 2.05) is 0 Å². The Balaban J connectivity index is 1.37. The van der Waals surface area contributed by atoms with Crippen LogP contribution in [0.25, 0.3) is 10.6 Å². The van der Waals surface area contributed by atoms with Crippen LogP contribution in [0.4, 0.5) is 17.6 Å². The highest BCUT2D eigenvalue weighted by Gasteiger charge is 2.37. The van der Waals surface area contributed by atoms with E-state index in [2.05, 4.69) is 4.98 Å². The first-order valence-corrected chi connectivity index (χ1v) is 11.7. The highest BCUT2D eigenvalue weighted by atomic mass is 32.1. The lowest BCUT2D eigenvalue weighted by molar-refractivity contribution is -0.0894. The molecule has 0 unspecified atom stereocenters. The summed E-state index contributed by atoms with van der Waals surface area (Å²) in [5, 5.41) is 41.2. The summed E-state index contributed by atoms with van der Waals surface area (Å²) in [5.41, 5.74) is 0.988. The van der Waals surface area contributed by atoms with Gasteiger partial charge in [0.2, 0.25) is 5.92 Å². The fraction of sp³-hybridized carbons (Fsp3) is 0.591. The second-order valence-electron chi connectivity index (χ2n) is 8.41. The fourth-order valence-corrected chi connectivity index (χ4v) is 4.45. The van der Waals surface area contributed by atoms with Crippen LogP contribution in [-0.2, 0) is 11.3 Å². The molecule has 1 aliphatic rings. The summed E-state index contributed by atoms with van der Waals surface area (Å²) >= 11 is 1.24. The van der Waals surface area contributed by atoms with Gasteiger partial charge in [-0.05, 0) is 24.6 Å². The molecule has 1 fully saturated rings. The molecule has 0 saturated carbocycles. The molecule has 0 radical (unpaired) electrons. The average molecular weight is 509 g/mol. The lowest BCUT2D eigenvalue weighted by Gasteiger charge is -2.25. The summed E-state index contributed by atoms with van der Waals surface area (Å²) in [6.07, 6.45) is -6.61. The van der Waals surface area contributed by atoms with Crippen molar-refractivity contribution in [2.24, 2.45) is 0 Å². The van der Waals surface area contributed by atoms with Crippen LogP contribution < -0.4 is 0 Å². The molecular weight excluding hydrogens is 480 g/mol. The first-order chi connectivity index (χ1) is 16.1. The van der Waals surface area contributed by atoms with Crippen molar-refractivity contribution in [2.45, 2.75) is 56.2 Å². The number of alkyl halides is 2. The van der Waals surface area contributed by atoms with E-state index in [0.29, 0.717) is 16.3 Å². The number of β-amino-alcohol motifs (C(OH)–C–C–N with tert-alkyl or cyclic N) is 2. The van der Waals surface area contributed by atoms with Crippen LogP contribution in [-0.4, -0.2) is 86.9 Å². The van der Waals surface area contributed by atoms with Crippen LogP contribution >= 0.6 is 11.3 Å². The second kappa shape index (κ2) is 11.8. The summed E-state index contributed by atoms with van der Waals surface area (Å²) in [4.78, 5) is 5.68. The van der Waals surface area contributed by atoms with E-state index < -0.39 is 54.8 Å². The smallest absolute Gasteiger partial charge is 0.249 e. The molecule has 4 N–H and O–H groups in total. The number of nitrogens with zero attached hydrogens (tertiary/aromatic N) is 2. The SMILES string of the molecule is O[C@H]1[C@H](O)[C@@H](O)CN(CCC(F)(F)CCCOCc2csc(-c3ccc(F)c(F)c3)n2)C[C@@H]1O. The van der Waals surface area contributed by atoms with Crippen LogP contribution in [0.5, 0.6) is 0 Å². The molecule has 4 atom stereocenters. The third kappa shape index (κ3) is 7.41. The van der Waals surface area contributed by atoms with Crippen molar-refractivity contribution in [3.8, 4) is 10.6 Å². The highest BCUT2D eigenvalue weighted by Crippen LogP contribution is 2.27. The standard InChI is InChI=1S/C22H28F4N2O5S/c23-15-3-2-13(8-16(15)24)21-27-14(12-34-21)11-33-7-1-4-22(25,26)5-6-28-9-17(29)19(31)20(32)18(30)10-28/h2-3,8,12,17-20,29-32H,1,4-7,9-11H2/t17-,18-,19+,20+/m0/s1. The Bertz CT molecular complexity index is 918. The van der Waals surface area contributed by atoms with Gasteiger partial charge in [-0.2, -0.15) is 0 Å². The lowest BCUT2D eigenvalue weighted by Crippen LogP contribution is -2.43. The Kier molecular flexibility index (Phi) is 9.38. The molecule has 0 spiro atoms. The van der Waals surface area contributed by atoms with E-state index in [4.69, 9.17) is 4.74 Å². The van der Waals surface area contributed by atoms with E-state index in [-0.39, 0.29) is 39.3 Å². The molecule has 0 amide bonds. The van der Waals surface area contributed by atoms with Gasteiger partial charge in [-0.1, -0.05) is 0 Å². The van der Waals surface area contributed by atoms with E-state index in [1.165, 1.54) is 22.3 Å². The molecule has 190 valence electrons. The number of aliphatic hydroxyl groups excluding tert-OH is 4. The van der Waals surface area contributed by atoms with Gasteiger partial charge in [0, 0.05) is 50.0 Å². The minimum absolute atomic E-state index is 0.0765. The van der Waals surface area contributed by atoms with E-state index >= 15 is 0 Å². The van der Waals surface area contributed by atoms with Crippen molar-refractivity contribution in [3.05, 3.63) is 40.9 Å². The number of ether oxygens (including phenoxy) is 1. The van der Waals surface area contributed by atoms with Gasteiger partial charge in [-0.15, -0.1) is 11.3 Å². The van der Waals surface area contributed by atoms with Gasteiger partial charge >= 0.3 is 0 Å². The number of halogens is 4. The molecule has 1 aromatic heterocycles. The van der Waals surface area contributed by atoms with Gasteiger partial charge in [-0.3, -0.25) is 4.90 Å². The van der Waals surface area contributed by atoms with E-state index in [9.17, 15) is 38.0 Å². The number of hydrogen-bond donors (Lipinski definition) is 4. The monoisotopic (exact) mass is 508 g/mol. The number of thiazole rings is 1. The molecule has 0 aliphatic carbocycles. The molecular formula is C22H28F4N2O5S. The van der Waals surface area contributed by atoms with Crippen LogP contribution in [0.3, 0.4) is 0 Å². The van der Waals surface area contributed by atoms with E-state index in [1.54, 1.807) is 5.38 Å². The Labute approximate surface area is 198 Å². The minimum atomic E-state index is -3.00. The Morgan fingerprint density at radius 1 is 1.03 bits per heavy atom. The van der Waals surface area contributed by atoms with Gasteiger partial charge in [-0.25, -0.2) is 22.5 Å². The maximum atomic E-state index is 14.3. The van der Waals surface area contributed by atoms with Gasteiger partial charge < -0.3 is 25.2 Å². The molecule has 1 aromatic carbocycles. The van der Waals surface area contributed by atoms with Gasteiger partial charge in [0.15, 0.2) is 11.6 Å². The van der Waals surface area contributed by atoms with Crippen molar-refractivity contribution in [1.82, 2.24) is 9.88 Å². The quantitative estimate of drug-likeness (QED) is 0.288. The molecule has 2 aromatic rings. The number of hydrogen-bond acceptors (Lipinski definition) is 8. The molecule has 7 nitrogen and oxygen atoms in total. The number of aromatic nitrogens is 1. The van der Waals surface area contributed by atoms with Crippen LogP contribution in [0.15, 0.2) is 23.6 Å². The Hall–Kier alpha value is -1.67. The Morgan fingerprint density at radius 2 is 1.71 bits per heavy atom. The fourth-order valence-electron chi connectivity index (χ4n) is 3.65. The Morgan fingerprint density at radius 3 is 2.35 bits per heavy atom. The number of rotatable bonds is 10. The van der Waals surface area contributed by atoms with Crippen LogP contribution in [0.1, 0.15) is 25.0 Å². The highest BCUT2D eigenvalue weighted by molar-refractivity contribution is 7.13. The summed E-state index contributed by atoms with van der Waals surface area (Å²) < 4.78 is 60.4. The predicted molar refractivity (Wildman–Crippen MR) is 116 cm³/mol. The summed E-state index contributed by atoms with van der Waals surface area (Å²) in [5.74, 6) is -4.91. The number of aliphatic hydroxyl groups is 4. The van der Waals surface area contributed by atoms with Gasteiger partial charge in [0.25, 0.3) is 0 Å². The largest absolute Gasteiger partial charge is 0.389 e. The molecule has 34 heavy (non-hydrogen) atoms. The maximum absolute atomic E-state index is 14.3. The summed E-state index contributed by atoms with van der Waals surface area (Å²) in [6.45, 7) is -0.205. The summed E-state index contributed by atoms with van der Waals surface area (Å²) in [7, 11) is 0. The molecule has 2 heterocycles. The predicted octanol–water partition coefficient (Wildman–Crippen LogP) is 2.17. The van der Waals surface area contributed by atoms with Crippen molar-refractivity contribution in [2.75, 3.05) is 26.2 Å². The lowest BCUT2D eigenvalue weighted by atomic mass is 10.1. The normalized spacial score (nSPS) is 24.4. The minimum Gasteiger partial charge on any atom is -0.389 e. The van der Waals surface area contributed by atoms with Crippen molar-refractivity contribution >= 4 is 11.3 Å².